The molecule has 0 aromatic carbocycles. The molecule has 1 fully saturated rings. The Balaban J connectivity index is 2.18. The van der Waals surface area contributed by atoms with Crippen LogP contribution < -0.4 is 0 Å². The first-order valence-corrected chi connectivity index (χ1v) is 6.63. The lowest BCUT2D eigenvalue weighted by Gasteiger charge is -2.20. The highest BCUT2D eigenvalue weighted by atomic mass is 35.5. The number of halogens is 1. The van der Waals surface area contributed by atoms with Crippen LogP contribution in [-0.4, -0.2) is 53.7 Å². The standard InChI is InChI=1S/C12H21ClN2O2/c1-11(16)15-8-4-7-14(9-10-15)6-3-2-5-12(13)17/h2-10H2,1H3. The molecule has 1 aliphatic heterocycles. The lowest BCUT2D eigenvalue weighted by Crippen LogP contribution is -2.33. The van der Waals surface area contributed by atoms with Gasteiger partial charge in [-0.1, -0.05) is 0 Å². The molecule has 1 saturated heterocycles. The molecule has 1 rings (SSSR count). The average Bonchev–Trinajstić information content (AvgIpc) is 2.49. The molecular weight excluding hydrogens is 240 g/mol. The van der Waals surface area contributed by atoms with Gasteiger partial charge in [0.05, 0.1) is 0 Å². The van der Waals surface area contributed by atoms with E-state index in [1.165, 1.54) is 0 Å². The second-order valence-corrected chi connectivity index (χ2v) is 4.94. The van der Waals surface area contributed by atoms with Gasteiger partial charge in [0.15, 0.2) is 0 Å². The fourth-order valence-corrected chi connectivity index (χ4v) is 2.24. The fourth-order valence-electron chi connectivity index (χ4n) is 2.11. The maximum atomic E-state index is 11.2. The van der Waals surface area contributed by atoms with Gasteiger partial charge in [0, 0.05) is 33.0 Å². The number of rotatable bonds is 5. The summed E-state index contributed by atoms with van der Waals surface area (Å²) in [4.78, 5) is 26.1. The van der Waals surface area contributed by atoms with E-state index in [4.69, 9.17) is 11.6 Å². The quantitative estimate of drug-likeness (QED) is 0.555. The van der Waals surface area contributed by atoms with Crippen LogP contribution in [0.15, 0.2) is 0 Å². The van der Waals surface area contributed by atoms with E-state index in [9.17, 15) is 9.59 Å². The first-order chi connectivity index (χ1) is 8.09. The largest absolute Gasteiger partial charge is 0.342 e. The normalized spacial score (nSPS) is 17.9. The SMILES string of the molecule is CC(=O)N1CCCN(CCCCC(=O)Cl)CC1. The highest BCUT2D eigenvalue weighted by molar-refractivity contribution is 6.63. The van der Waals surface area contributed by atoms with Gasteiger partial charge in [-0.25, -0.2) is 0 Å². The van der Waals surface area contributed by atoms with Crippen molar-refractivity contribution in [1.29, 1.82) is 0 Å². The second kappa shape index (κ2) is 7.67. The molecule has 0 atom stereocenters. The van der Waals surface area contributed by atoms with Crippen LogP contribution >= 0.6 is 11.6 Å². The van der Waals surface area contributed by atoms with Gasteiger partial charge in [-0.15, -0.1) is 0 Å². The van der Waals surface area contributed by atoms with Crippen molar-refractivity contribution < 1.29 is 9.59 Å². The van der Waals surface area contributed by atoms with Gasteiger partial charge in [-0.05, 0) is 44.0 Å². The van der Waals surface area contributed by atoms with Crippen LogP contribution in [0.1, 0.15) is 32.6 Å². The summed E-state index contributed by atoms with van der Waals surface area (Å²) in [5, 5.41) is -0.247. The highest BCUT2D eigenvalue weighted by Gasteiger charge is 2.15. The molecule has 0 aliphatic carbocycles. The molecule has 0 aromatic heterocycles. The van der Waals surface area contributed by atoms with E-state index in [1.807, 2.05) is 4.90 Å². The number of amides is 1. The number of hydrogen-bond acceptors (Lipinski definition) is 3. The van der Waals surface area contributed by atoms with Crippen molar-refractivity contribution in [3.05, 3.63) is 0 Å². The average molecular weight is 261 g/mol. The van der Waals surface area contributed by atoms with Gasteiger partial charge < -0.3 is 9.80 Å². The van der Waals surface area contributed by atoms with Crippen molar-refractivity contribution in [2.24, 2.45) is 0 Å². The predicted octanol–water partition coefficient (Wildman–Crippen LogP) is 1.48. The minimum atomic E-state index is -0.247. The maximum Gasteiger partial charge on any atom is 0.221 e. The van der Waals surface area contributed by atoms with Gasteiger partial charge in [0.2, 0.25) is 11.1 Å². The molecule has 0 saturated carbocycles. The Morgan fingerprint density at radius 2 is 1.88 bits per heavy atom. The number of unbranched alkanes of at least 4 members (excludes halogenated alkanes) is 1. The smallest absolute Gasteiger partial charge is 0.221 e. The Morgan fingerprint density at radius 3 is 2.53 bits per heavy atom. The fraction of sp³-hybridized carbons (Fsp3) is 0.833. The first-order valence-electron chi connectivity index (χ1n) is 6.26. The zero-order valence-electron chi connectivity index (χ0n) is 10.5. The van der Waals surface area contributed by atoms with Crippen molar-refractivity contribution in [1.82, 2.24) is 9.80 Å². The third-order valence-corrected chi connectivity index (χ3v) is 3.32. The van der Waals surface area contributed by atoms with E-state index in [1.54, 1.807) is 6.92 Å². The van der Waals surface area contributed by atoms with Crippen molar-refractivity contribution in [3.8, 4) is 0 Å². The van der Waals surface area contributed by atoms with Crippen LogP contribution in [0.5, 0.6) is 0 Å². The molecule has 4 nitrogen and oxygen atoms in total. The summed E-state index contributed by atoms with van der Waals surface area (Å²) < 4.78 is 0. The molecule has 1 amide bonds. The third kappa shape index (κ3) is 6.03. The van der Waals surface area contributed by atoms with Crippen molar-refractivity contribution in [3.63, 3.8) is 0 Å². The lowest BCUT2D eigenvalue weighted by atomic mass is 10.2. The Kier molecular flexibility index (Phi) is 6.52. The molecule has 0 N–H and O–H groups in total. The molecule has 5 heteroatoms. The summed E-state index contributed by atoms with van der Waals surface area (Å²) in [6.07, 6.45) is 3.36. The van der Waals surface area contributed by atoms with Gasteiger partial charge in [0.25, 0.3) is 0 Å². The first kappa shape index (κ1) is 14.5. The number of carbonyl (C=O) groups is 2. The number of hydrogen-bond donors (Lipinski definition) is 0. The van der Waals surface area contributed by atoms with Crippen LogP contribution in [-0.2, 0) is 9.59 Å². The van der Waals surface area contributed by atoms with E-state index >= 15 is 0 Å². The van der Waals surface area contributed by atoms with E-state index in [0.29, 0.717) is 6.42 Å². The summed E-state index contributed by atoms with van der Waals surface area (Å²) in [6.45, 7) is 6.29. The number of nitrogens with zero attached hydrogens (tertiary/aromatic N) is 2. The van der Waals surface area contributed by atoms with Crippen molar-refractivity contribution in [2.75, 3.05) is 32.7 Å². The molecule has 0 unspecified atom stereocenters. The Bertz CT molecular complexity index is 271. The molecule has 0 bridgehead atoms. The molecule has 0 radical (unpaired) electrons. The Hall–Kier alpha value is -0.610. The molecule has 98 valence electrons. The van der Waals surface area contributed by atoms with Crippen molar-refractivity contribution >= 4 is 22.8 Å². The van der Waals surface area contributed by atoms with E-state index in [-0.39, 0.29) is 11.1 Å². The van der Waals surface area contributed by atoms with Crippen LogP contribution in [0.3, 0.4) is 0 Å². The van der Waals surface area contributed by atoms with Crippen LogP contribution in [0.25, 0.3) is 0 Å². The lowest BCUT2D eigenvalue weighted by molar-refractivity contribution is -0.128. The van der Waals surface area contributed by atoms with E-state index < -0.39 is 0 Å². The second-order valence-electron chi connectivity index (χ2n) is 4.51. The molecule has 0 spiro atoms. The summed E-state index contributed by atoms with van der Waals surface area (Å²) in [5.41, 5.74) is 0. The molecule has 1 aliphatic rings. The summed E-state index contributed by atoms with van der Waals surface area (Å²) >= 11 is 5.28. The van der Waals surface area contributed by atoms with Gasteiger partial charge in [-0.2, -0.15) is 0 Å². The Morgan fingerprint density at radius 1 is 1.12 bits per heavy atom. The highest BCUT2D eigenvalue weighted by Crippen LogP contribution is 2.06. The van der Waals surface area contributed by atoms with Gasteiger partial charge in [-0.3, -0.25) is 9.59 Å². The topological polar surface area (TPSA) is 40.6 Å². The summed E-state index contributed by atoms with van der Waals surface area (Å²) in [6, 6.07) is 0. The summed E-state index contributed by atoms with van der Waals surface area (Å²) in [5.74, 6) is 0.166. The minimum Gasteiger partial charge on any atom is -0.342 e. The minimum absolute atomic E-state index is 0.166. The van der Waals surface area contributed by atoms with E-state index in [0.717, 1.165) is 52.0 Å². The zero-order chi connectivity index (χ0) is 12.7. The summed E-state index contributed by atoms with van der Waals surface area (Å²) in [7, 11) is 0. The maximum absolute atomic E-state index is 11.2. The van der Waals surface area contributed by atoms with Crippen LogP contribution in [0, 0.1) is 0 Å². The monoisotopic (exact) mass is 260 g/mol. The number of carbonyl (C=O) groups excluding carboxylic acids is 2. The van der Waals surface area contributed by atoms with Gasteiger partial charge in [0.1, 0.15) is 0 Å². The van der Waals surface area contributed by atoms with Crippen LogP contribution in [0.2, 0.25) is 0 Å². The molecule has 17 heavy (non-hydrogen) atoms. The van der Waals surface area contributed by atoms with Crippen molar-refractivity contribution in [2.45, 2.75) is 32.6 Å². The van der Waals surface area contributed by atoms with Crippen LogP contribution in [0.4, 0.5) is 0 Å². The Labute approximate surface area is 108 Å². The van der Waals surface area contributed by atoms with Gasteiger partial charge >= 0.3 is 0 Å². The third-order valence-electron chi connectivity index (χ3n) is 3.13. The van der Waals surface area contributed by atoms with E-state index in [2.05, 4.69) is 4.90 Å². The molecule has 1 heterocycles. The molecule has 0 aromatic rings. The predicted molar refractivity (Wildman–Crippen MR) is 68.0 cm³/mol. The zero-order valence-corrected chi connectivity index (χ0v) is 11.2. The molecular formula is C12H21ClN2O2.